The lowest BCUT2D eigenvalue weighted by Crippen LogP contribution is -2.15. The molecule has 1 rings (SSSR count). The average Bonchev–Trinajstić information content (AvgIpc) is 2.36. The predicted octanol–water partition coefficient (Wildman–Crippen LogP) is 1.12. The maximum Gasteiger partial charge on any atom is 0.377 e. The summed E-state index contributed by atoms with van der Waals surface area (Å²) in [6, 6.07) is 3.04. The number of carboxylic acid groups (broad SMARTS) is 1. The smallest absolute Gasteiger partial charge is 0.377 e. The van der Waals surface area contributed by atoms with E-state index in [2.05, 4.69) is 0 Å². The van der Waals surface area contributed by atoms with Crippen molar-refractivity contribution in [2.45, 2.75) is 6.61 Å². The van der Waals surface area contributed by atoms with Gasteiger partial charge in [-0.1, -0.05) is 0 Å². The fraction of sp³-hybridized carbons (Fsp3) is 0.333. The molecule has 0 saturated heterocycles. The summed E-state index contributed by atoms with van der Waals surface area (Å²) < 4.78 is 15.0. The molecule has 0 aliphatic carbocycles. The standard InChI is InChI=1S/C12H14O6/c1-16-6-7-4-8(10(13)12(14)15)11(18-3)9(5-7)17-2/h4-5H,6H2,1-3H3,(H,14,15). The first-order valence-electron chi connectivity index (χ1n) is 5.06. The molecular formula is C12H14O6. The first-order valence-corrected chi connectivity index (χ1v) is 5.06. The molecule has 0 radical (unpaired) electrons. The molecule has 0 aliphatic heterocycles. The zero-order valence-electron chi connectivity index (χ0n) is 10.4. The van der Waals surface area contributed by atoms with Crippen LogP contribution >= 0.6 is 0 Å². The Labute approximate surface area is 104 Å². The third-order valence-electron chi connectivity index (χ3n) is 2.29. The van der Waals surface area contributed by atoms with Gasteiger partial charge in [-0.3, -0.25) is 4.79 Å². The molecule has 1 N–H and O–H groups in total. The summed E-state index contributed by atoms with van der Waals surface area (Å²) in [5.74, 6) is -2.21. The van der Waals surface area contributed by atoms with Gasteiger partial charge in [0.15, 0.2) is 11.5 Å². The van der Waals surface area contributed by atoms with E-state index in [-0.39, 0.29) is 23.7 Å². The third-order valence-corrected chi connectivity index (χ3v) is 2.29. The van der Waals surface area contributed by atoms with Gasteiger partial charge in [-0.25, -0.2) is 4.79 Å². The number of hydrogen-bond acceptors (Lipinski definition) is 5. The van der Waals surface area contributed by atoms with Gasteiger partial charge in [-0.05, 0) is 17.7 Å². The highest BCUT2D eigenvalue weighted by molar-refractivity contribution is 6.40. The molecule has 18 heavy (non-hydrogen) atoms. The van der Waals surface area contributed by atoms with Crippen LogP contribution in [0.4, 0.5) is 0 Å². The minimum atomic E-state index is -1.55. The molecule has 98 valence electrons. The molecule has 1 aromatic carbocycles. The van der Waals surface area contributed by atoms with E-state index in [1.54, 1.807) is 6.07 Å². The van der Waals surface area contributed by atoms with E-state index in [0.717, 1.165) is 0 Å². The van der Waals surface area contributed by atoms with E-state index in [1.165, 1.54) is 27.4 Å². The van der Waals surface area contributed by atoms with Crippen LogP contribution in [0, 0.1) is 0 Å². The summed E-state index contributed by atoms with van der Waals surface area (Å²) in [4.78, 5) is 22.3. The molecule has 0 atom stereocenters. The fourth-order valence-corrected chi connectivity index (χ4v) is 1.56. The second-order valence-electron chi connectivity index (χ2n) is 3.45. The number of Topliss-reactive ketones (excluding diaryl/α,β-unsaturated/α-hetero) is 1. The van der Waals surface area contributed by atoms with E-state index in [9.17, 15) is 9.59 Å². The SMILES string of the molecule is COCc1cc(OC)c(OC)c(C(=O)C(=O)O)c1. The number of ketones is 1. The molecule has 0 spiro atoms. The Balaban J connectivity index is 3.39. The van der Waals surface area contributed by atoms with Crippen LogP contribution in [0.1, 0.15) is 15.9 Å². The normalized spacial score (nSPS) is 9.94. The van der Waals surface area contributed by atoms with Crippen molar-refractivity contribution < 1.29 is 28.9 Å². The van der Waals surface area contributed by atoms with Crippen LogP contribution in [-0.2, 0) is 16.1 Å². The zero-order valence-corrected chi connectivity index (χ0v) is 10.4. The lowest BCUT2D eigenvalue weighted by atomic mass is 10.0. The van der Waals surface area contributed by atoms with Gasteiger partial charge in [0, 0.05) is 7.11 Å². The Kier molecular flexibility index (Phi) is 4.67. The monoisotopic (exact) mass is 254 g/mol. The van der Waals surface area contributed by atoms with Crippen molar-refractivity contribution in [2.75, 3.05) is 21.3 Å². The number of carbonyl (C=O) groups is 2. The molecular weight excluding hydrogens is 240 g/mol. The molecule has 0 saturated carbocycles. The molecule has 0 unspecified atom stereocenters. The Bertz CT molecular complexity index is 466. The second kappa shape index (κ2) is 6.02. The zero-order chi connectivity index (χ0) is 13.7. The number of benzene rings is 1. The summed E-state index contributed by atoms with van der Waals surface area (Å²) in [6.07, 6.45) is 0. The molecule has 0 amide bonds. The number of aliphatic carboxylic acids is 1. The second-order valence-corrected chi connectivity index (χ2v) is 3.45. The molecule has 1 aromatic rings. The van der Waals surface area contributed by atoms with Crippen LogP contribution in [0.5, 0.6) is 11.5 Å². The minimum absolute atomic E-state index is 0.0589. The maximum absolute atomic E-state index is 11.6. The van der Waals surface area contributed by atoms with E-state index in [0.29, 0.717) is 5.56 Å². The largest absolute Gasteiger partial charge is 0.493 e. The van der Waals surface area contributed by atoms with Gasteiger partial charge in [0.25, 0.3) is 5.78 Å². The summed E-state index contributed by atoms with van der Waals surface area (Å²) in [6.45, 7) is 0.236. The first kappa shape index (κ1) is 14.0. The molecule has 6 nitrogen and oxygen atoms in total. The van der Waals surface area contributed by atoms with Gasteiger partial charge < -0.3 is 19.3 Å². The van der Waals surface area contributed by atoms with Gasteiger partial charge in [0.1, 0.15) is 0 Å². The van der Waals surface area contributed by atoms with Gasteiger partial charge in [0.05, 0.1) is 26.4 Å². The number of carboxylic acids is 1. The van der Waals surface area contributed by atoms with Crippen molar-refractivity contribution in [1.29, 1.82) is 0 Å². The topological polar surface area (TPSA) is 82.1 Å². The van der Waals surface area contributed by atoms with Gasteiger partial charge >= 0.3 is 5.97 Å². The number of methoxy groups -OCH3 is 3. The van der Waals surface area contributed by atoms with Crippen LogP contribution in [0.2, 0.25) is 0 Å². The summed E-state index contributed by atoms with van der Waals surface area (Å²) in [5, 5.41) is 8.76. The number of rotatable bonds is 6. The van der Waals surface area contributed by atoms with Crippen molar-refractivity contribution in [3.05, 3.63) is 23.3 Å². The summed E-state index contributed by atoms with van der Waals surface area (Å²) >= 11 is 0. The van der Waals surface area contributed by atoms with Crippen LogP contribution in [0.3, 0.4) is 0 Å². The molecule has 0 aliphatic rings. The molecule has 0 heterocycles. The van der Waals surface area contributed by atoms with Crippen molar-refractivity contribution >= 4 is 11.8 Å². The highest BCUT2D eigenvalue weighted by Gasteiger charge is 2.23. The molecule has 6 heteroatoms. The third kappa shape index (κ3) is 2.78. The van der Waals surface area contributed by atoms with E-state index in [1.807, 2.05) is 0 Å². The Morgan fingerprint density at radius 1 is 1.17 bits per heavy atom. The van der Waals surface area contributed by atoms with Crippen molar-refractivity contribution in [1.82, 2.24) is 0 Å². The van der Waals surface area contributed by atoms with E-state index >= 15 is 0 Å². The van der Waals surface area contributed by atoms with E-state index < -0.39 is 11.8 Å². The lowest BCUT2D eigenvalue weighted by molar-refractivity contribution is -0.131. The van der Waals surface area contributed by atoms with Crippen molar-refractivity contribution in [3.63, 3.8) is 0 Å². The van der Waals surface area contributed by atoms with Gasteiger partial charge in [0.2, 0.25) is 0 Å². The van der Waals surface area contributed by atoms with Gasteiger partial charge in [-0.15, -0.1) is 0 Å². The first-order chi connectivity index (χ1) is 8.54. The van der Waals surface area contributed by atoms with E-state index in [4.69, 9.17) is 19.3 Å². The minimum Gasteiger partial charge on any atom is -0.493 e. The van der Waals surface area contributed by atoms with Crippen LogP contribution in [-0.4, -0.2) is 38.2 Å². The van der Waals surface area contributed by atoms with Crippen LogP contribution < -0.4 is 9.47 Å². The van der Waals surface area contributed by atoms with Gasteiger partial charge in [-0.2, -0.15) is 0 Å². The van der Waals surface area contributed by atoms with Crippen LogP contribution in [0.25, 0.3) is 0 Å². The Morgan fingerprint density at radius 3 is 2.28 bits per heavy atom. The molecule has 0 fully saturated rings. The van der Waals surface area contributed by atoms with Crippen molar-refractivity contribution in [2.24, 2.45) is 0 Å². The summed E-state index contributed by atoms with van der Waals surface area (Å²) in [5.41, 5.74) is 0.566. The Hall–Kier alpha value is -2.08. The predicted molar refractivity (Wildman–Crippen MR) is 62.2 cm³/mol. The number of ether oxygens (including phenoxy) is 3. The maximum atomic E-state index is 11.6. The number of hydrogen-bond donors (Lipinski definition) is 1. The Morgan fingerprint density at radius 2 is 1.83 bits per heavy atom. The number of carbonyl (C=O) groups excluding carboxylic acids is 1. The summed E-state index contributed by atoms with van der Waals surface area (Å²) in [7, 11) is 4.24. The highest BCUT2D eigenvalue weighted by Crippen LogP contribution is 2.33. The fourth-order valence-electron chi connectivity index (χ4n) is 1.56. The quantitative estimate of drug-likeness (QED) is 0.605. The van der Waals surface area contributed by atoms with Crippen molar-refractivity contribution in [3.8, 4) is 11.5 Å². The molecule has 0 bridgehead atoms. The van der Waals surface area contributed by atoms with Crippen LogP contribution in [0.15, 0.2) is 12.1 Å². The lowest BCUT2D eigenvalue weighted by Gasteiger charge is -2.13. The highest BCUT2D eigenvalue weighted by atomic mass is 16.5. The molecule has 0 aromatic heterocycles. The average molecular weight is 254 g/mol.